The van der Waals surface area contributed by atoms with E-state index in [0.717, 1.165) is 56.2 Å². The summed E-state index contributed by atoms with van der Waals surface area (Å²) in [6.45, 7) is 4.79. The third kappa shape index (κ3) is 4.92. The minimum atomic E-state index is 0. The van der Waals surface area contributed by atoms with Crippen molar-refractivity contribution in [3.05, 3.63) is 35.7 Å². The molecule has 0 unspecified atom stereocenters. The lowest BCUT2D eigenvalue weighted by Crippen LogP contribution is -2.41. The van der Waals surface area contributed by atoms with Crippen molar-refractivity contribution in [2.75, 3.05) is 19.6 Å². The van der Waals surface area contributed by atoms with Crippen LogP contribution in [0.5, 0.6) is 0 Å². The quantitative estimate of drug-likeness (QED) is 0.717. The lowest BCUT2D eigenvalue weighted by atomic mass is 10.1. The van der Waals surface area contributed by atoms with E-state index in [4.69, 9.17) is 4.52 Å². The second-order valence-corrected chi connectivity index (χ2v) is 5.25. The Morgan fingerprint density at radius 2 is 2.09 bits per heavy atom. The summed E-state index contributed by atoms with van der Waals surface area (Å²) in [6.07, 6.45) is 2.85. The van der Waals surface area contributed by atoms with Crippen LogP contribution in [0.3, 0.4) is 0 Å². The van der Waals surface area contributed by atoms with Gasteiger partial charge in [0.25, 0.3) is 5.89 Å². The molecule has 6 nitrogen and oxygen atoms in total. The SMILES string of the molecule is CCc1noc(-c2ccc(CCNC3=NCCCN3)cc2)n1.I. The van der Waals surface area contributed by atoms with Crippen LogP contribution < -0.4 is 10.6 Å². The zero-order valence-corrected chi connectivity index (χ0v) is 15.5. The number of aryl methyl sites for hydroxylation is 1. The summed E-state index contributed by atoms with van der Waals surface area (Å²) in [5.41, 5.74) is 2.23. The van der Waals surface area contributed by atoms with Gasteiger partial charge in [-0.2, -0.15) is 4.98 Å². The molecule has 1 aliphatic heterocycles. The monoisotopic (exact) mass is 427 g/mol. The number of hydrogen-bond acceptors (Lipinski definition) is 6. The fourth-order valence-corrected chi connectivity index (χ4v) is 2.31. The highest BCUT2D eigenvalue weighted by molar-refractivity contribution is 14.0. The van der Waals surface area contributed by atoms with Gasteiger partial charge in [-0.1, -0.05) is 24.2 Å². The molecule has 23 heavy (non-hydrogen) atoms. The Bertz CT molecular complexity index is 638. The lowest BCUT2D eigenvalue weighted by molar-refractivity contribution is 0.423. The second kappa shape index (κ2) is 8.85. The van der Waals surface area contributed by atoms with E-state index in [1.54, 1.807) is 0 Å². The first-order valence-electron chi connectivity index (χ1n) is 7.79. The van der Waals surface area contributed by atoms with Crippen molar-refractivity contribution in [2.24, 2.45) is 4.99 Å². The van der Waals surface area contributed by atoms with Gasteiger partial charge in [0.1, 0.15) is 0 Å². The molecule has 1 aliphatic rings. The highest BCUT2D eigenvalue weighted by Gasteiger charge is 2.07. The van der Waals surface area contributed by atoms with Crippen molar-refractivity contribution in [2.45, 2.75) is 26.2 Å². The zero-order chi connectivity index (χ0) is 15.2. The maximum atomic E-state index is 5.24. The minimum absolute atomic E-state index is 0. The molecule has 0 atom stereocenters. The van der Waals surface area contributed by atoms with Gasteiger partial charge in [-0.25, -0.2) is 0 Å². The summed E-state index contributed by atoms with van der Waals surface area (Å²) in [5, 5.41) is 10.5. The predicted molar refractivity (Wildman–Crippen MR) is 101 cm³/mol. The standard InChI is InChI=1S/C16H21N5O.HI/c1-2-14-20-15(22-21-14)13-6-4-12(5-7-13)8-11-19-16-17-9-3-10-18-16;/h4-7H,2-3,8-11H2,1H3,(H2,17,18,19);1H. The van der Waals surface area contributed by atoms with E-state index < -0.39 is 0 Å². The van der Waals surface area contributed by atoms with Gasteiger partial charge in [-0.15, -0.1) is 24.0 Å². The Morgan fingerprint density at radius 1 is 1.26 bits per heavy atom. The number of benzene rings is 1. The molecule has 0 fully saturated rings. The van der Waals surface area contributed by atoms with Gasteiger partial charge in [0.05, 0.1) is 0 Å². The molecule has 3 rings (SSSR count). The molecule has 1 aromatic carbocycles. The lowest BCUT2D eigenvalue weighted by Gasteiger charge is -2.15. The Kier molecular flexibility index (Phi) is 6.82. The summed E-state index contributed by atoms with van der Waals surface area (Å²) in [7, 11) is 0. The van der Waals surface area contributed by atoms with E-state index in [9.17, 15) is 0 Å². The fraction of sp³-hybridized carbons (Fsp3) is 0.438. The zero-order valence-electron chi connectivity index (χ0n) is 13.2. The largest absolute Gasteiger partial charge is 0.356 e. The number of halogens is 1. The van der Waals surface area contributed by atoms with Crippen LogP contribution >= 0.6 is 24.0 Å². The summed E-state index contributed by atoms with van der Waals surface area (Å²) < 4.78 is 5.24. The third-order valence-corrected chi connectivity index (χ3v) is 3.59. The van der Waals surface area contributed by atoms with Gasteiger partial charge in [-0.3, -0.25) is 4.99 Å². The Balaban J connectivity index is 0.00000192. The van der Waals surface area contributed by atoms with E-state index in [1.165, 1.54) is 5.56 Å². The van der Waals surface area contributed by atoms with E-state index in [2.05, 4.69) is 37.9 Å². The molecule has 2 heterocycles. The van der Waals surface area contributed by atoms with Crippen molar-refractivity contribution in [3.8, 4) is 11.5 Å². The smallest absolute Gasteiger partial charge is 0.257 e. The first-order valence-corrected chi connectivity index (χ1v) is 7.79. The molecular formula is C16H22IN5O. The summed E-state index contributed by atoms with van der Waals surface area (Å²) in [4.78, 5) is 8.73. The molecular weight excluding hydrogens is 405 g/mol. The number of aromatic nitrogens is 2. The van der Waals surface area contributed by atoms with E-state index in [-0.39, 0.29) is 24.0 Å². The summed E-state index contributed by atoms with van der Waals surface area (Å²) in [5.74, 6) is 2.24. The van der Waals surface area contributed by atoms with Crippen molar-refractivity contribution < 1.29 is 4.52 Å². The first-order chi connectivity index (χ1) is 10.8. The van der Waals surface area contributed by atoms with Gasteiger partial charge >= 0.3 is 0 Å². The topological polar surface area (TPSA) is 75.3 Å². The van der Waals surface area contributed by atoms with Gasteiger partial charge in [-0.05, 0) is 30.5 Å². The highest BCUT2D eigenvalue weighted by atomic mass is 127. The van der Waals surface area contributed by atoms with Crippen molar-refractivity contribution in [1.82, 2.24) is 20.8 Å². The van der Waals surface area contributed by atoms with Crippen molar-refractivity contribution in [3.63, 3.8) is 0 Å². The molecule has 7 heteroatoms. The van der Waals surface area contributed by atoms with Crippen LogP contribution in [0.2, 0.25) is 0 Å². The van der Waals surface area contributed by atoms with Crippen LogP contribution in [0.15, 0.2) is 33.8 Å². The summed E-state index contributed by atoms with van der Waals surface area (Å²) >= 11 is 0. The molecule has 2 N–H and O–H groups in total. The normalized spacial score (nSPS) is 13.7. The van der Waals surface area contributed by atoms with E-state index in [0.29, 0.717) is 5.89 Å². The number of rotatable bonds is 5. The van der Waals surface area contributed by atoms with Crippen LogP contribution in [0, 0.1) is 0 Å². The van der Waals surface area contributed by atoms with Crippen LogP contribution in [-0.2, 0) is 12.8 Å². The number of aliphatic imine (C=N–C) groups is 1. The second-order valence-electron chi connectivity index (χ2n) is 5.25. The van der Waals surface area contributed by atoms with Crippen LogP contribution in [0.25, 0.3) is 11.5 Å². The fourth-order valence-electron chi connectivity index (χ4n) is 2.31. The third-order valence-electron chi connectivity index (χ3n) is 3.59. The molecule has 1 aromatic heterocycles. The Morgan fingerprint density at radius 3 is 2.74 bits per heavy atom. The van der Waals surface area contributed by atoms with Crippen LogP contribution in [0.4, 0.5) is 0 Å². The van der Waals surface area contributed by atoms with Gasteiger partial charge in [0, 0.05) is 31.6 Å². The highest BCUT2D eigenvalue weighted by Crippen LogP contribution is 2.18. The molecule has 0 saturated heterocycles. The maximum Gasteiger partial charge on any atom is 0.257 e. The van der Waals surface area contributed by atoms with Gasteiger partial charge in [0.15, 0.2) is 11.8 Å². The molecule has 0 bridgehead atoms. The number of hydrogen-bond donors (Lipinski definition) is 2. The molecule has 0 radical (unpaired) electrons. The van der Waals surface area contributed by atoms with Crippen LogP contribution in [0.1, 0.15) is 24.7 Å². The summed E-state index contributed by atoms with van der Waals surface area (Å²) in [6, 6.07) is 8.25. The molecule has 0 amide bonds. The number of nitrogens with zero attached hydrogens (tertiary/aromatic N) is 3. The van der Waals surface area contributed by atoms with Gasteiger partial charge in [0.2, 0.25) is 0 Å². The van der Waals surface area contributed by atoms with Crippen molar-refractivity contribution >= 4 is 29.9 Å². The van der Waals surface area contributed by atoms with Gasteiger partial charge < -0.3 is 15.2 Å². The molecule has 0 aliphatic carbocycles. The Hall–Kier alpha value is -1.64. The van der Waals surface area contributed by atoms with Crippen molar-refractivity contribution in [1.29, 1.82) is 0 Å². The maximum absolute atomic E-state index is 5.24. The first kappa shape index (κ1) is 17.7. The van der Waals surface area contributed by atoms with E-state index in [1.807, 2.05) is 19.1 Å². The average molecular weight is 427 g/mol. The number of nitrogens with one attached hydrogen (secondary N) is 2. The minimum Gasteiger partial charge on any atom is -0.356 e. The Labute approximate surface area is 153 Å². The van der Waals surface area contributed by atoms with E-state index >= 15 is 0 Å². The predicted octanol–water partition coefficient (Wildman–Crippen LogP) is 2.40. The molecule has 2 aromatic rings. The molecule has 0 spiro atoms. The molecule has 124 valence electrons. The molecule has 0 saturated carbocycles. The van der Waals surface area contributed by atoms with Crippen LogP contribution in [-0.4, -0.2) is 35.7 Å². The number of guanidine groups is 1. The average Bonchev–Trinajstić information content (AvgIpc) is 3.06.